The number of halogens is 1. The maximum atomic E-state index is 5.81. The first-order chi connectivity index (χ1) is 10.6. The van der Waals surface area contributed by atoms with Crippen LogP contribution in [-0.2, 0) is 6.42 Å². The van der Waals surface area contributed by atoms with Crippen LogP contribution in [0.2, 0.25) is 0 Å². The Kier molecular flexibility index (Phi) is 4.33. The van der Waals surface area contributed by atoms with Crippen molar-refractivity contribution in [2.24, 2.45) is 0 Å². The number of benzene rings is 2. The molecule has 0 aliphatic heterocycles. The van der Waals surface area contributed by atoms with Gasteiger partial charge in [-0.2, -0.15) is 0 Å². The van der Waals surface area contributed by atoms with Crippen LogP contribution in [0.3, 0.4) is 0 Å². The molecule has 0 saturated heterocycles. The van der Waals surface area contributed by atoms with Gasteiger partial charge in [0, 0.05) is 36.6 Å². The molecule has 1 heterocycles. The average Bonchev–Trinajstić information content (AvgIpc) is 3.02. The van der Waals surface area contributed by atoms with Gasteiger partial charge in [-0.15, -0.1) is 35.3 Å². The van der Waals surface area contributed by atoms with Crippen LogP contribution in [0.5, 0.6) is 0 Å². The second-order valence-corrected chi connectivity index (χ2v) is 6.93. The molecule has 2 N–H and O–H groups in total. The first-order valence-electron chi connectivity index (χ1n) is 7.28. The van der Waals surface area contributed by atoms with Gasteiger partial charge >= 0.3 is 0 Å². The SMILES string of the molecule is CN(C)c1ccc(-c2ccc3c(c2)Cc2sc(N)nc2-3)cc1.I. The van der Waals surface area contributed by atoms with Crippen molar-refractivity contribution in [3.05, 3.63) is 52.9 Å². The van der Waals surface area contributed by atoms with E-state index in [2.05, 4.69) is 66.4 Å². The van der Waals surface area contributed by atoms with Crippen molar-refractivity contribution < 1.29 is 0 Å². The van der Waals surface area contributed by atoms with Crippen molar-refractivity contribution >= 4 is 46.1 Å². The summed E-state index contributed by atoms with van der Waals surface area (Å²) in [5, 5.41) is 0.666. The Morgan fingerprint density at radius 2 is 1.74 bits per heavy atom. The van der Waals surface area contributed by atoms with Crippen LogP contribution in [-0.4, -0.2) is 19.1 Å². The number of aromatic nitrogens is 1. The predicted octanol–water partition coefficient (Wildman–Crippen LogP) is 4.65. The highest BCUT2D eigenvalue weighted by molar-refractivity contribution is 14.0. The zero-order chi connectivity index (χ0) is 15.3. The van der Waals surface area contributed by atoms with Crippen molar-refractivity contribution in [3.8, 4) is 22.4 Å². The first-order valence-corrected chi connectivity index (χ1v) is 8.10. The summed E-state index contributed by atoms with van der Waals surface area (Å²) in [6.45, 7) is 0. The summed E-state index contributed by atoms with van der Waals surface area (Å²) in [4.78, 5) is 7.85. The highest BCUT2D eigenvalue weighted by Gasteiger charge is 2.23. The van der Waals surface area contributed by atoms with Gasteiger partial charge in [-0.1, -0.05) is 30.3 Å². The smallest absolute Gasteiger partial charge is 0.180 e. The molecule has 1 aliphatic carbocycles. The summed E-state index contributed by atoms with van der Waals surface area (Å²) in [7, 11) is 4.11. The van der Waals surface area contributed by atoms with Crippen molar-refractivity contribution in [2.75, 3.05) is 24.7 Å². The normalized spacial score (nSPS) is 11.6. The van der Waals surface area contributed by atoms with Gasteiger partial charge in [-0.05, 0) is 28.8 Å². The summed E-state index contributed by atoms with van der Waals surface area (Å²) in [5.74, 6) is 0. The highest BCUT2D eigenvalue weighted by atomic mass is 127. The van der Waals surface area contributed by atoms with Gasteiger partial charge < -0.3 is 10.6 Å². The molecule has 0 bridgehead atoms. The Balaban J connectivity index is 0.00000156. The average molecular weight is 435 g/mol. The monoisotopic (exact) mass is 435 g/mol. The third-order valence-electron chi connectivity index (χ3n) is 4.14. The molecule has 4 rings (SSSR count). The Morgan fingerprint density at radius 1 is 1.04 bits per heavy atom. The summed E-state index contributed by atoms with van der Waals surface area (Å²) in [6, 6.07) is 15.3. The minimum atomic E-state index is 0. The van der Waals surface area contributed by atoms with Gasteiger partial charge in [-0.25, -0.2) is 4.98 Å². The van der Waals surface area contributed by atoms with Gasteiger partial charge in [0.05, 0.1) is 5.69 Å². The molecule has 0 fully saturated rings. The van der Waals surface area contributed by atoms with Gasteiger partial charge in [0.2, 0.25) is 0 Å². The molecule has 0 spiro atoms. The van der Waals surface area contributed by atoms with E-state index < -0.39 is 0 Å². The fraction of sp³-hybridized carbons (Fsp3) is 0.167. The van der Waals surface area contributed by atoms with Crippen LogP contribution in [0.4, 0.5) is 10.8 Å². The molecule has 3 aromatic rings. The van der Waals surface area contributed by atoms with E-state index in [0.29, 0.717) is 5.13 Å². The van der Waals surface area contributed by atoms with Crippen LogP contribution in [0, 0.1) is 0 Å². The van der Waals surface area contributed by atoms with E-state index in [4.69, 9.17) is 5.73 Å². The Bertz CT molecular complexity index is 853. The minimum absolute atomic E-state index is 0. The number of rotatable bonds is 2. The molecule has 23 heavy (non-hydrogen) atoms. The zero-order valence-corrected chi connectivity index (χ0v) is 16.2. The zero-order valence-electron chi connectivity index (χ0n) is 13.0. The summed E-state index contributed by atoms with van der Waals surface area (Å²) < 4.78 is 0. The second-order valence-electron chi connectivity index (χ2n) is 5.81. The Hall–Kier alpha value is -1.60. The fourth-order valence-electron chi connectivity index (χ4n) is 2.98. The maximum Gasteiger partial charge on any atom is 0.180 e. The third kappa shape index (κ3) is 2.83. The lowest BCUT2D eigenvalue weighted by Crippen LogP contribution is -2.07. The number of thiazole rings is 1. The van der Waals surface area contributed by atoms with Crippen molar-refractivity contribution in [2.45, 2.75) is 6.42 Å². The number of nitrogens with two attached hydrogens (primary N) is 1. The van der Waals surface area contributed by atoms with Crippen LogP contribution >= 0.6 is 35.3 Å². The Labute approximate surface area is 157 Å². The van der Waals surface area contributed by atoms with E-state index in [1.54, 1.807) is 11.3 Å². The molecular formula is C18H18IN3S. The van der Waals surface area contributed by atoms with Gasteiger partial charge in [0.25, 0.3) is 0 Å². The minimum Gasteiger partial charge on any atom is -0.378 e. The molecular weight excluding hydrogens is 417 g/mol. The largest absolute Gasteiger partial charge is 0.378 e. The van der Waals surface area contributed by atoms with Gasteiger partial charge in [0.15, 0.2) is 5.13 Å². The van der Waals surface area contributed by atoms with Crippen LogP contribution in [0.15, 0.2) is 42.5 Å². The van der Waals surface area contributed by atoms with Crippen molar-refractivity contribution in [1.29, 1.82) is 0 Å². The Morgan fingerprint density at radius 3 is 2.43 bits per heavy atom. The van der Waals surface area contributed by atoms with E-state index in [0.717, 1.165) is 12.1 Å². The van der Waals surface area contributed by atoms with Crippen LogP contribution < -0.4 is 10.6 Å². The molecule has 118 valence electrons. The predicted molar refractivity (Wildman–Crippen MR) is 110 cm³/mol. The number of nitrogens with zero attached hydrogens (tertiary/aromatic N) is 2. The fourth-order valence-corrected chi connectivity index (χ4v) is 3.85. The molecule has 1 aliphatic rings. The molecule has 0 radical (unpaired) electrons. The van der Waals surface area contributed by atoms with E-state index in [1.165, 1.54) is 32.8 Å². The quantitative estimate of drug-likeness (QED) is 0.467. The number of anilines is 2. The van der Waals surface area contributed by atoms with E-state index in [1.807, 2.05) is 0 Å². The molecule has 0 saturated carbocycles. The lowest BCUT2D eigenvalue weighted by atomic mass is 10.00. The molecule has 3 nitrogen and oxygen atoms in total. The lowest BCUT2D eigenvalue weighted by molar-refractivity contribution is 1.13. The van der Waals surface area contributed by atoms with Crippen LogP contribution in [0.25, 0.3) is 22.4 Å². The number of nitrogen functional groups attached to an aromatic ring is 1. The topological polar surface area (TPSA) is 42.1 Å². The highest BCUT2D eigenvalue weighted by Crippen LogP contribution is 2.41. The number of hydrogen-bond acceptors (Lipinski definition) is 4. The molecule has 2 aromatic carbocycles. The second kappa shape index (κ2) is 6.13. The summed E-state index contributed by atoms with van der Waals surface area (Å²) in [5.41, 5.74) is 13.2. The lowest BCUT2D eigenvalue weighted by Gasteiger charge is -2.13. The summed E-state index contributed by atoms with van der Waals surface area (Å²) in [6.07, 6.45) is 0.948. The molecule has 0 unspecified atom stereocenters. The van der Waals surface area contributed by atoms with Gasteiger partial charge in [0.1, 0.15) is 0 Å². The number of hydrogen-bond donors (Lipinski definition) is 1. The molecule has 5 heteroatoms. The molecule has 1 aromatic heterocycles. The first kappa shape index (κ1) is 16.3. The standard InChI is InChI=1S/C18H17N3S.HI/c1-21(2)14-6-3-11(4-7-14)12-5-8-15-13(9-12)10-16-17(15)20-18(19)22-16;/h3-9H,10H2,1-2H3,(H2,19,20);1H. The molecule has 0 atom stereocenters. The maximum absolute atomic E-state index is 5.81. The van der Waals surface area contributed by atoms with E-state index in [9.17, 15) is 0 Å². The van der Waals surface area contributed by atoms with Crippen molar-refractivity contribution in [1.82, 2.24) is 4.98 Å². The number of fused-ring (bicyclic) bond motifs is 3. The van der Waals surface area contributed by atoms with E-state index in [-0.39, 0.29) is 24.0 Å². The van der Waals surface area contributed by atoms with Crippen LogP contribution in [0.1, 0.15) is 10.4 Å². The third-order valence-corrected chi connectivity index (χ3v) is 5.03. The molecule has 0 amide bonds. The van der Waals surface area contributed by atoms with Crippen molar-refractivity contribution in [3.63, 3.8) is 0 Å². The van der Waals surface area contributed by atoms with E-state index >= 15 is 0 Å². The van der Waals surface area contributed by atoms with Gasteiger partial charge in [-0.3, -0.25) is 0 Å². The summed E-state index contributed by atoms with van der Waals surface area (Å²) >= 11 is 1.60.